The molecule has 2 aromatic heterocycles. The first-order valence-electron chi connectivity index (χ1n) is 8.34. The van der Waals surface area contributed by atoms with E-state index in [1.54, 1.807) is 47.2 Å². The Bertz CT molecular complexity index is 989. The van der Waals surface area contributed by atoms with Crippen LogP contribution in [0, 0.1) is 0 Å². The normalized spacial score (nSPS) is 13.4. The van der Waals surface area contributed by atoms with Crippen molar-refractivity contribution in [1.29, 1.82) is 0 Å². The SMILES string of the molecule is O=C1CCSc2ccc(C(=O)NCc3cccnc3-n3cncn3)cc2N1. The molecule has 9 heteroatoms. The first-order valence-corrected chi connectivity index (χ1v) is 9.33. The van der Waals surface area contributed by atoms with E-state index in [9.17, 15) is 9.59 Å². The smallest absolute Gasteiger partial charge is 0.251 e. The number of nitrogens with zero attached hydrogens (tertiary/aromatic N) is 4. The Morgan fingerprint density at radius 1 is 1.33 bits per heavy atom. The van der Waals surface area contributed by atoms with Crippen LogP contribution in [0.5, 0.6) is 0 Å². The minimum Gasteiger partial charge on any atom is -0.348 e. The van der Waals surface area contributed by atoms with E-state index in [0.29, 0.717) is 30.0 Å². The monoisotopic (exact) mass is 380 g/mol. The zero-order chi connectivity index (χ0) is 18.6. The first kappa shape index (κ1) is 17.2. The van der Waals surface area contributed by atoms with E-state index in [4.69, 9.17) is 0 Å². The second kappa shape index (κ2) is 7.58. The zero-order valence-electron chi connectivity index (χ0n) is 14.3. The van der Waals surface area contributed by atoms with Gasteiger partial charge in [-0.3, -0.25) is 9.59 Å². The Balaban J connectivity index is 1.50. The molecule has 1 aromatic carbocycles. The lowest BCUT2D eigenvalue weighted by atomic mass is 10.1. The number of benzene rings is 1. The molecule has 4 rings (SSSR count). The zero-order valence-corrected chi connectivity index (χ0v) is 15.1. The molecule has 0 saturated heterocycles. The van der Waals surface area contributed by atoms with Crippen molar-refractivity contribution in [2.75, 3.05) is 11.1 Å². The van der Waals surface area contributed by atoms with Gasteiger partial charge < -0.3 is 10.6 Å². The molecule has 0 atom stereocenters. The summed E-state index contributed by atoms with van der Waals surface area (Å²) in [6.07, 6.45) is 5.11. The Hall–Kier alpha value is -3.20. The molecule has 2 amide bonds. The molecule has 0 unspecified atom stereocenters. The molecule has 0 aliphatic carbocycles. The summed E-state index contributed by atoms with van der Waals surface area (Å²) in [5.41, 5.74) is 1.98. The van der Waals surface area contributed by atoms with Crippen molar-refractivity contribution < 1.29 is 9.59 Å². The Morgan fingerprint density at radius 2 is 2.26 bits per heavy atom. The summed E-state index contributed by atoms with van der Waals surface area (Å²) in [7, 11) is 0. The van der Waals surface area contributed by atoms with E-state index in [1.165, 1.54) is 6.33 Å². The molecule has 27 heavy (non-hydrogen) atoms. The molecular formula is C18H16N6O2S. The van der Waals surface area contributed by atoms with Crippen molar-refractivity contribution >= 4 is 29.3 Å². The highest BCUT2D eigenvalue weighted by Gasteiger charge is 2.16. The Kier molecular flexibility index (Phi) is 4.84. The third-order valence-corrected chi connectivity index (χ3v) is 5.12. The summed E-state index contributed by atoms with van der Waals surface area (Å²) in [6, 6.07) is 9.02. The number of rotatable bonds is 4. The van der Waals surface area contributed by atoms with E-state index in [1.807, 2.05) is 12.1 Å². The third kappa shape index (κ3) is 3.82. The number of carbonyl (C=O) groups is 2. The fraction of sp³-hybridized carbons (Fsp3) is 0.167. The fourth-order valence-electron chi connectivity index (χ4n) is 2.73. The number of hydrogen-bond acceptors (Lipinski definition) is 6. The molecule has 1 aliphatic rings. The number of anilines is 1. The lowest BCUT2D eigenvalue weighted by Gasteiger charge is -2.11. The number of fused-ring (bicyclic) bond motifs is 1. The van der Waals surface area contributed by atoms with Crippen LogP contribution in [0.2, 0.25) is 0 Å². The minimum absolute atomic E-state index is 0.0355. The largest absolute Gasteiger partial charge is 0.348 e. The van der Waals surface area contributed by atoms with Crippen LogP contribution >= 0.6 is 11.8 Å². The number of thioether (sulfide) groups is 1. The van der Waals surface area contributed by atoms with Gasteiger partial charge in [-0.05, 0) is 24.3 Å². The molecule has 3 heterocycles. The molecule has 3 aromatic rings. The number of nitrogens with one attached hydrogen (secondary N) is 2. The van der Waals surface area contributed by atoms with E-state index < -0.39 is 0 Å². The van der Waals surface area contributed by atoms with Crippen LogP contribution in [0.15, 0.2) is 54.1 Å². The van der Waals surface area contributed by atoms with Crippen LogP contribution in [0.25, 0.3) is 5.82 Å². The van der Waals surface area contributed by atoms with E-state index in [0.717, 1.165) is 16.2 Å². The highest BCUT2D eigenvalue weighted by Crippen LogP contribution is 2.31. The van der Waals surface area contributed by atoms with Crippen LogP contribution < -0.4 is 10.6 Å². The lowest BCUT2D eigenvalue weighted by Crippen LogP contribution is -2.24. The maximum absolute atomic E-state index is 12.6. The van der Waals surface area contributed by atoms with E-state index >= 15 is 0 Å². The van der Waals surface area contributed by atoms with Gasteiger partial charge >= 0.3 is 0 Å². The van der Waals surface area contributed by atoms with Crippen LogP contribution in [-0.4, -0.2) is 37.3 Å². The van der Waals surface area contributed by atoms with Gasteiger partial charge in [-0.2, -0.15) is 5.10 Å². The van der Waals surface area contributed by atoms with Gasteiger partial charge in [-0.15, -0.1) is 11.8 Å². The summed E-state index contributed by atoms with van der Waals surface area (Å²) >= 11 is 1.61. The number of amides is 2. The van der Waals surface area contributed by atoms with Crippen molar-refractivity contribution in [1.82, 2.24) is 25.1 Å². The van der Waals surface area contributed by atoms with Crippen LogP contribution in [0.3, 0.4) is 0 Å². The lowest BCUT2D eigenvalue weighted by molar-refractivity contribution is -0.115. The molecule has 8 nitrogen and oxygen atoms in total. The third-order valence-electron chi connectivity index (χ3n) is 4.05. The Morgan fingerprint density at radius 3 is 3.11 bits per heavy atom. The fourth-order valence-corrected chi connectivity index (χ4v) is 3.67. The second-order valence-corrected chi connectivity index (χ2v) is 7.00. The van der Waals surface area contributed by atoms with E-state index in [2.05, 4.69) is 25.7 Å². The van der Waals surface area contributed by atoms with Gasteiger partial charge in [0.2, 0.25) is 5.91 Å². The van der Waals surface area contributed by atoms with Crippen molar-refractivity contribution in [2.24, 2.45) is 0 Å². The second-order valence-electron chi connectivity index (χ2n) is 5.87. The maximum Gasteiger partial charge on any atom is 0.251 e. The summed E-state index contributed by atoms with van der Waals surface area (Å²) in [6.45, 7) is 0.292. The predicted molar refractivity (Wildman–Crippen MR) is 101 cm³/mol. The minimum atomic E-state index is -0.227. The average Bonchev–Trinajstić information content (AvgIpc) is 3.15. The summed E-state index contributed by atoms with van der Waals surface area (Å²) in [5, 5.41) is 9.83. The average molecular weight is 380 g/mol. The number of aromatic nitrogens is 4. The van der Waals surface area contributed by atoms with Gasteiger partial charge in [0, 0.05) is 40.9 Å². The topological polar surface area (TPSA) is 102 Å². The summed E-state index contributed by atoms with van der Waals surface area (Å²) < 4.78 is 1.55. The van der Waals surface area contributed by atoms with Crippen molar-refractivity contribution in [3.05, 3.63) is 60.3 Å². The number of carbonyl (C=O) groups excluding carboxylic acids is 2. The predicted octanol–water partition coefficient (Wildman–Crippen LogP) is 2.03. The van der Waals surface area contributed by atoms with E-state index in [-0.39, 0.29) is 11.8 Å². The summed E-state index contributed by atoms with van der Waals surface area (Å²) in [5.74, 6) is 1.08. The van der Waals surface area contributed by atoms with Gasteiger partial charge in [0.1, 0.15) is 12.7 Å². The molecule has 0 fully saturated rings. The highest BCUT2D eigenvalue weighted by molar-refractivity contribution is 7.99. The van der Waals surface area contributed by atoms with Crippen LogP contribution in [0.4, 0.5) is 5.69 Å². The maximum atomic E-state index is 12.6. The molecule has 0 radical (unpaired) electrons. The number of pyridine rings is 1. The quantitative estimate of drug-likeness (QED) is 0.718. The Labute approximate surface area is 159 Å². The molecule has 1 aliphatic heterocycles. The van der Waals surface area contributed by atoms with Gasteiger partial charge in [0.25, 0.3) is 5.91 Å². The summed E-state index contributed by atoms with van der Waals surface area (Å²) in [4.78, 5) is 33.5. The first-order chi connectivity index (χ1) is 13.2. The highest BCUT2D eigenvalue weighted by atomic mass is 32.2. The molecule has 0 spiro atoms. The van der Waals surface area contributed by atoms with Crippen LogP contribution in [-0.2, 0) is 11.3 Å². The van der Waals surface area contributed by atoms with Gasteiger partial charge in [0.05, 0.1) is 5.69 Å². The van der Waals surface area contributed by atoms with Crippen molar-refractivity contribution in [3.63, 3.8) is 0 Å². The van der Waals surface area contributed by atoms with Gasteiger partial charge in [-0.25, -0.2) is 14.6 Å². The van der Waals surface area contributed by atoms with Crippen molar-refractivity contribution in [2.45, 2.75) is 17.9 Å². The van der Waals surface area contributed by atoms with Gasteiger partial charge in [-0.1, -0.05) is 6.07 Å². The van der Waals surface area contributed by atoms with Gasteiger partial charge in [0.15, 0.2) is 5.82 Å². The molecule has 136 valence electrons. The molecule has 2 N–H and O–H groups in total. The van der Waals surface area contributed by atoms with Crippen molar-refractivity contribution in [3.8, 4) is 5.82 Å². The molecular weight excluding hydrogens is 364 g/mol. The molecule has 0 saturated carbocycles. The molecule has 0 bridgehead atoms. The number of hydrogen-bond donors (Lipinski definition) is 2. The van der Waals surface area contributed by atoms with Crippen LogP contribution in [0.1, 0.15) is 22.3 Å². The standard InChI is InChI=1S/C18H16N6O2S/c25-16-5-7-27-15-4-3-12(8-14(15)23-16)18(26)21-9-13-2-1-6-20-17(13)24-11-19-10-22-24/h1-4,6,8,10-11H,5,7,9H2,(H,21,26)(H,23,25).